The van der Waals surface area contributed by atoms with Crippen LogP contribution in [0.2, 0.25) is 0 Å². The van der Waals surface area contributed by atoms with Crippen LogP contribution in [0.5, 0.6) is 0 Å². The van der Waals surface area contributed by atoms with E-state index in [4.69, 9.17) is 5.73 Å². The number of benzene rings is 1. The van der Waals surface area contributed by atoms with Crippen LogP contribution in [0.3, 0.4) is 0 Å². The van der Waals surface area contributed by atoms with Gasteiger partial charge >= 0.3 is 0 Å². The standard InChI is InChI=1S/C14H21N3O2S/c1-16-20(18,19)11-4-5-12(15)13(8-11)17-9-14(6-7-14)10-2-3-10/h4-5,8,10,16-17H,2-3,6-7,9,15H2,1H3. The molecule has 0 amide bonds. The summed E-state index contributed by atoms with van der Waals surface area (Å²) < 4.78 is 26.0. The quantitative estimate of drug-likeness (QED) is 0.698. The highest BCUT2D eigenvalue weighted by Crippen LogP contribution is 2.61. The van der Waals surface area contributed by atoms with Gasteiger partial charge in [-0.25, -0.2) is 13.1 Å². The maximum Gasteiger partial charge on any atom is 0.240 e. The molecule has 1 aromatic rings. The van der Waals surface area contributed by atoms with Crippen LogP contribution in [-0.2, 0) is 10.0 Å². The molecule has 0 radical (unpaired) electrons. The molecule has 2 fully saturated rings. The van der Waals surface area contributed by atoms with Crippen molar-refractivity contribution in [2.24, 2.45) is 11.3 Å². The van der Waals surface area contributed by atoms with Crippen LogP contribution in [-0.4, -0.2) is 22.0 Å². The second-order valence-electron chi connectivity index (χ2n) is 5.95. The third kappa shape index (κ3) is 2.50. The first kappa shape index (κ1) is 13.7. The Balaban J connectivity index is 1.77. The van der Waals surface area contributed by atoms with E-state index in [2.05, 4.69) is 10.0 Å². The smallest absolute Gasteiger partial charge is 0.240 e. The summed E-state index contributed by atoms with van der Waals surface area (Å²) in [6, 6.07) is 4.79. The number of nitrogen functional groups attached to an aromatic ring is 1. The number of sulfonamides is 1. The van der Waals surface area contributed by atoms with Crippen LogP contribution in [0.4, 0.5) is 11.4 Å². The van der Waals surface area contributed by atoms with Crippen molar-refractivity contribution in [1.29, 1.82) is 0 Å². The van der Waals surface area contributed by atoms with Crippen LogP contribution in [0.25, 0.3) is 0 Å². The first-order chi connectivity index (χ1) is 9.47. The monoisotopic (exact) mass is 295 g/mol. The zero-order valence-corrected chi connectivity index (χ0v) is 12.5. The van der Waals surface area contributed by atoms with Crippen molar-refractivity contribution in [2.75, 3.05) is 24.6 Å². The molecule has 0 atom stereocenters. The molecule has 2 saturated carbocycles. The summed E-state index contributed by atoms with van der Waals surface area (Å²) in [5.74, 6) is 0.862. The number of nitrogens with one attached hydrogen (secondary N) is 2. The average Bonchev–Trinajstić information content (AvgIpc) is 3.28. The van der Waals surface area contributed by atoms with E-state index in [0.29, 0.717) is 16.8 Å². The molecule has 3 rings (SSSR count). The van der Waals surface area contributed by atoms with Gasteiger partial charge in [0.1, 0.15) is 0 Å². The van der Waals surface area contributed by atoms with E-state index in [1.54, 1.807) is 12.1 Å². The Hall–Kier alpha value is -1.27. The fraction of sp³-hybridized carbons (Fsp3) is 0.571. The number of hydrogen-bond donors (Lipinski definition) is 3. The van der Waals surface area contributed by atoms with Gasteiger partial charge in [0, 0.05) is 6.54 Å². The second-order valence-corrected chi connectivity index (χ2v) is 7.83. The summed E-state index contributed by atoms with van der Waals surface area (Å²) in [6.07, 6.45) is 5.23. The molecule has 5 nitrogen and oxygen atoms in total. The predicted molar refractivity (Wildman–Crippen MR) is 80.0 cm³/mol. The highest BCUT2D eigenvalue weighted by atomic mass is 32.2. The van der Waals surface area contributed by atoms with Crippen molar-refractivity contribution < 1.29 is 8.42 Å². The Morgan fingerprint density at radius 3 is 2.60 bits per heavy atom. The molecule has 0 unspecified atom stereocenters. The van der Waals surface area contributed by atoms with Gasteiger partial charge in [-0.3, -0.25) is 0 Å². The van der Waals surface area contributed by atoms with E-state index >= 15 is 0 Å². The number of hydrogen-bond acceptors (Lipinski definition) is 4. The van der Waals surface area contributed by atoms with Crippen molar-refractivity contribution in [3.05, 3.63) is 18.2 Å². The predicted octanol–water partition coefficient (Wildman–Crippen LogP) is 1.78. The van der Waals surface area contributed by atoms with Gasteiger partial charge in [0.25, 0.3) is 0 Å². The Morgan fingerprint density at radius 1 is 1.35 bits per heavy atom. The van der Waals surface area contributed by atoms with Gasteiger partial charge in [-0.1, -0.05) is 0 Å². The number of nitrogens with two attached hydrogens (primary N) is 1. The fourth-order valence-corrected chi connectivity index (χ4v) is 3.59. The third-order valence-electron chi connectivity index (χ3n) is 4.57. The molecule has 6 heteroatoms. The van der Waals surface area contributed by atoms with Gasteiger partial charge in [0.2, 0.25) is 10.0 Å². The molecule has 0 aliphatic heterocycles. The van der Waals surface area contributed by atoms with Crippen molar-refractivity contribution >= 4 is 21.4 Å². The average molecular weight is 295 g/mol. The molecule has 2 aliphatic carbocycles. The summed E-state index contributed by atoms with van der Waals surface area (Å²) in [4.78, 5) is 0.243. The lowest BCUT2D eigenvalue weighted by Gasteiger charge is -2.17. The zero-order valence-electron chi connectivity index (χ0n) is 11.6. The van der Waals surface area contributed by atoms with E-state index in [-0.39, 0.29) is 4.90 Å². The molecule has 0 heterocycles. The second kappa shape index (κ2) is 4.63. The van der Waals surface area contributed by atoms with Crippen molar-refractivity contribution in [3.8, 4) is 0 Å². The SMILES string of the molecule is CNS(=O)(=O)c1ccc(N)c(NCC2(C3CC3)CC2)c1. The highest BCUT2D eigenvalue weighted by Gasteiger charge is 2.53. The molecule has 4 N–H and O–H groups in total. The molecule has 0 saturated heterocycles. The maximum absolute atomic E-state index is 11.8. The summed E-state index contributed by atoms with van der Waals surface area (Å²) in [5, 5.41) is 3.36. The Morgan fingerprint density at radius 2 is 2.05 bits per heavy atom. The third-order valence-corrected chi connectivity index (χ3v) is 5.98. The Labute approximate surface area is 120 Å². The van der Waals surface area contributed by atoms with E-state index in [1.807, 2.05) is 0 Å². The molecule has 1 aromatic carbocycles. The summed E-state index contributed by atoms with van der Waals surface area (Å²) in [6.45, 7) is 0.894. The molecular formula is C14H21N3O2S. The summed E-state index contributed by atoms with van der Waals surface area (Å²) in [5.41, 5.74) is 7.69. The summed E-state index contributed by atoms with van der Waals surface area (Å²) in [7, 11) is -2.02. The minimum Gasteiger partial charge on any atom is -0.397 e. The van der Waals surface area contributed by atoms with Gasteiger partial charge in [0.15, 0.2) is 0 Å². The Kier molecular flexibility index (Phi) is 3.17. The van der Waals surface area contributed by atoms with Crippen LogP contribution in [0.1, 0.15) is 25.7 Å². The van der Waals surface area contributed by atoms with Crippen LogP contribution < -0.4 is 15.8 Å². The first-order valence-corrected chi connectivity index (χ1v) is 8.52. The van der Waals surface area contributed by atoms with E-state index in [0.717, 1.165) is 12.5 Å². The van der Waals surface area contributed by atoms with Gasteiger partial charge < -0.3 is 11.1 Å². The highest BCUT2D eigenvalue weighted by molar-refractivity contribution is 7.89. The van der Waals surface area contributed by atoms with Gasteiger partial charge in [-0.2, -0.15) is 0 Å². The van der Waals surface area contributed by atoms with Crippen molar-refractivity contribution in [1.82, 2.24) is 4.72 Å². The van der Waals surface area contributed by atoms with Crippen molar-refractivity contribution in [2.45, 2.75) is 30.6 Å². The summed E-state index contributed by atoms with van der Waals surface area (Å²) >= 11 is 0. The maximum atomic E-state index is 11.8. The Bertz CT molecular complexity index is 619. The minimum absolute atomic E-state index is 0.243. The van der Waals surface area contributed by atoms with Gasteiger partial charge in [0.05, 0.1) is 16.3 Å². The fourth-order valence-electron chi connectivity index (χ4n) is 2.83. The molecule has 0 bridgehead atoms. The van der Waals surface area contributed by atoms with E-state index < -0.39 is 10.0 Å². The van der Waals surface area contributed by atoms with Crippen molar-refractivity contribution in [3.63, 3.8) is 0 Å². The van der Waals surface area contributed by atoms with Gasteiger partial charge in [-0.15, -0.1) is 0 Å². The molecule has 2 aliphatic rings. The minimum atomic E-state index is -3.43. The van der Waals surface area contributed by atoms with Crippen LogP contribution in [0, 0.1) is 11.3 Å². The first-order valence-electron chi connectivity index (χ1n) is 7.04. The normalized spacial score (nSPS) is 20.6. The molecule has 0 aromatic heterocycles. The molecule has 20 heavy (non-hydrogen) atoms. The number of rotatable bonds is 6. The van der Waals surface area contributed by atoms with Gasteiger partial charge in [-0.05, 0) is 62.3 Å². The largest absolute Gasteiger partial charge is 0.397 e. The molecule has 0 spiro atoms. The zero-order chi connectivity index (χ0) is 14.4. The molecule has 110 valence electrons. The van der Waals surface area contributed by atoms with E-state index in [9.17, 15) is 8.42 Å². The topological polar surface area (TPSA) is 84.2 Å². The lowest BCUT2D eigenvalue weighted by atomic mass is 10.0. The van der Waals surface area contributed by atoms with E-state index in [1.165, 1.54) is 38.8 Å². The number of anilines is 2. The lowest BCUT2D eigenvalue weighted by molar-refractivity contribution is 0.467. The van der Waals surface area contributed by atoms with Crippen LogP contribution >= 0.6 is 0 Å². The lowest BCUT2D eigenvalue weighted by Crippen LogP contribution is -2.20. The molecular weight excluding hydrogens is 274 g/mol. The van der Waals surface area contributed by atoms with Crippen LogP contribution in [0.15, 0.2) is 23.1 Å².